The second-order valence-corrected chi connectivity index (χ2v) is 5.31. The molecular weight excluding hydrogens is 242 g/mol. The molecule has 1 aromatic heterocycles. The molecule has 18 heavy (non-hydrogen) atoms. The van der Waals surface area contributed by atoms with Crippen LogP contribution in [0.25, 0.3) is 11.3 Å². The van der Waals surface area contributed by atoms with E-state index >= 15 is 0 Å². The van der Waals surface area contributed by atoms with Crippen LogP contribution in [-0.2, 0) is 0 Å². The average molecular weight is 259 g/mol. The lowest BCUT2D eigenvalue weighted by molar-refractivity contribution is 1.02. The first kappa shape index (κ1) is 12.9. The summed E-state index contributed by atoms with van der Waals surface area (Å²) in [5.74, 6) is 1.92. The van der Waals surface area contributed by atoms with Crippen molar-refractivity contribution in [2.24, 2.45) is 0 Å². The zero-order valence-corrected chi connectivity index (χ0v) is 11.7. The van der Waals surface area contributed by atoms with E-state index < -0.39 is 0 Å². The van der Waals surface area contributed by atoms with E-state index in [9.17, 15) is 0 Å². The molecule has 0 aliphatic rings. The van der Waals surface area contributed by atoms with Crippen molar-refractivity contribution in [3.8, 4) is 11.3 Å². The number of aryl methyl sites for hydroxylation is 1. The van der Waals surface area contributed by atoms with E-state index in [0.717, 1.165) is 28.4 Å². The molecule has 0 aliphatic carbocycles. The van der Waals surface area contributed by atoms with Crippen LogP contribution < -0.4 is 5.32 Å². The Balaban J connectivity index is 2.28. The Kier molecular flexibility index (Phi) is 4.20. The maximum Gasteiger partial charge on any atom is 0.151 e. The van der Waals surface area contributed by atoms with Gasteiger partial charge in [-0.15, -0.1) is 22.0 Å². The summed E-state index contributed by atoms with van der Waals surface area (Å²) >= 11 is 1.84. The first-order valence-corrected chi connectivity index (χ1v) is 6.98. The molecule has 0 fully saturated rings. The van der Waals surface area contributed by atoms with Crippen LogP contribution in [0.3, 0.4) is 0 Å². The number of hydrogen-bond acceptors (Lipinski definition) is 4. The molecule has 0 spiro atoms. The highest BCUT2D eigenvalue weighted by Crippen LogP contribution is 2.24. The van der Waals surface area contributed by atoms with E-state index in [0.29, 0.717) is 0 Å². The van der Waals surface area contributed by atoms with Crippen molar-refractivity contribution in [1.29, 1.82) is 0 Å². The number of anilines is 1. The monoisotopic (exact) mass is 259 g/mol. The van der Waals surface area contributed by atoms with Crippen LogP contribution in [0.1, 0.15) is 12.5 Å². The van der Waals surface area contributed by atoms with Gasteiger partial charge in [-0.25, -0.2) is 0 Å². The summed E-state index contributed by atoms with van der Waals surface area (Å²) in [4.78, 5) is 1.29. The first-order chi connectivity index (χ1) is 8.74. The maximum absolute atomic E-state index is 4.24. The molecule has 0 atom stereocenters. The maximum atomic E-state index is 4.24. The molecule has 2 aromatic rings. The van der Waals surface area contributed by atoms with Crippen LogP contribution in [0.15, 0.2) is 35.2 Å². The Morgan fingerprint density at radius 2 is 1.89 bits per heavy atom. The van der Waals surface area contributed by atoms with Crippen molar-refractivity contribution in [2.45, 2.75) is 18.7 Å². The molecular formula is C14H17N3S. The number of nitrogens with zero attached hydrogens (tertiary/aromatic N) is 2. The highest BCUT2D eigenvalue weighted by Gasteiger charge is 2.04. The largest absolute Gasteiger partial charge is 0.371 e. The van der Waals surface area contributed by atoms with E-state index in [2.05, 4.69) is 52.8 Å². The third-order valence-electron chi connectivity index (χ3n) is 2.68. The van der Waals surface area contributed by atoms with Crippen molar-refractivity contribution in [1.82, 2.24) is 10.2 Å². The number of thioether (sulfide) groups is 1. The zero-order chi connectivity index (χ0) is 13.0. The zero-order valence-electron chi connectivity index (χ0n) is 10.9. The number of nitrogens with one attached hydrogen (secondary N) is 1. The predicted molar refractivity (Wildman–Crippen MR) is 78.1 cm³/mol. The van der Waals surface area contributed by atoms with Crippen molar-refractivity contribution in [3.05, 3.63) is 35.9 Å². The van der Waals surface area contributed by atoms with E-state index in [4.69, 9.17) is 0 Å². The Morgan fingerprint density at radius 1 is 1.17 bits per heavy atom. The lowest BCUT2D eigenvalue weighted by atomic mass is 10.1. The lowest BCUT2D eigenvalue weighted by Gasteiger charge is -2.06. The van der Waals surface area contributed by atoms with Crippen LogP contribution in [0, 0.1) is 6.92 Å². The molecule has 0 aliphatic heterocycles. The fourth-order valence-electron chi connectivity index (χ4n) is 1.76. The van der Waals surface area contributed by atoms with E-state index in [-0.39, 0.29) is 0 Å². The van der Waals surface area contributed by atoms with Crippen LogP contribution >= 0.6 is 11.8 Å². The van der Waals surface area contributed by atoms with Gasteiger partial charge >= 0.3 is 0 Å². The smallest absolute Gasteiger partial charge is 0.151 e. The summed E-state index contributed by atoms with van der Waals surface area (Å²) in [5.41, 5.74) is 3.13. The van der Waals surface area contributed by atoms with Gasteiger partial charge in [0.05, 0.1) is 5.69 Å². The van der Waals surface area contributed by atoms with Gasteiger partial charge in [0.2, 0.25) is 0 Å². The fourth-order valence-corrected chi connectivity index (χ4v) is 2.42. The second kappa shape index (κ2) is 5.87. The lowest BCUT2D eigenvalue weighted by Crippen LogP contribution is -1.98. The first-order valence-electron chi connectivity index (χ1n) is 6.00. The molecule has 1 heterocycles. The summed E-state index contributed by atoms with van der Waals surface area (Å²) in [5, 5.41) is 11.4. The molecule has 0 amide bonds. The molecule has 0 saturated carbocycles. The van der Waals surface area contributed by atoms with Gasteiger partial charge in [-0.3, -0.25) is 0 Å². The quantitative estimate of drug-likeness (QED) is 0.851. The summed E-state index contributed by atoms with van der Waals surface area (Å²) in [6.45, 7) is 4.19. The van der Waals surface area contributed by atoms with E-state index in [1.54, 1.807) is 0 Å². The van der Waals surface area contributed by atoms with Crippen LogP contribution in [-0.4, -0.2) is 23.0 Å². The number of rotatable bonds is 4. The molecule has 3 nitrogen and oxygen atoms in total. The molecule has 1 N–H and O–H groups in total. The van der Waals surface area contributed by atoms with Crippen LogP contribution in [0.2, 0.25) is 0 Å². The molecule has 94 valence electrons. The molecule has 0 radical (unpaired) electrons. The molecule has 1 aromatic carbocycles. The topological polar surface area (TPSA) is 37.8 Å². The summed E-state index contributed by atoms with van der Waals surface area (Å²) in [6, 6.07) is 10.5. The minimum absolute atomic E-state index is 0.830. The highest BCUT2D eigenvalue weighted by molar-refractivity contribution is 7.99. The Hall–Kier alpha value is -1.55. The fraction of sp³-hybridized carbons (Fsp3) is 0.286. The van der Waals surface area contributed by atoms with Gasteiger partial charge in [-0.2, -0.15) is 0 Å². The Morgan fingerprint density at radius 3 is 2.44 bits per heavy atom. The third kappa shape index (κ3) is 2.82. The van der Waals surface area contributed by atoms with Crippen molar-refractivity contribution in [3.63, 3.8) is 0 Å². The SMILES string of the molecule is CCSc1ccc(-c2cc(C)c(NC)nn2)cc1. The number of hydrogen-bond donors (Lipinski definition) is 1. The van der Waals surface area contributed by atoms with Gasteiger partial charge in [-0.1, -0.05) is 19.1 Å². The Bertz CT molecular complexity index is 523. The molecule has 0 bridgehead atoms. The third-order valence-corrected chi connectivity index (χ3v) is 3.58. The molecule has 4 heteroatoms. The van der Waals surface area contributed by atoms with Gasteiger partial charge in [0, 0.05) is 17.5 Å². The summed E-state index contributed by atoms with van der Waals surface area (Å²) in [7, 11) is 1.85. The van der Waals surface area contributed by atoms with Gasteiger partial charge in [0.15, 0.2) is 5.82 Å². The number of aromatic nitrogens is 2. The standard InChI is InChI=1S/C14H17N3S/c1-4-18-12-7-5-11(6-8-12)13-9-10(2)14(15-3)17-16-13/h5-9H,4H2,1-3H3,(H,15,17). The second-order valence-electron chi connectivity index (χ2n) is 3.97. The molecule has 0 saturated heterocycles. The van der Waals surface area contributed by atoms with Gasteiger partial charge in [0.1, 0.15) is 0 Å². The van der Waals surface area contributed by atoms with E-state index in [1.165, 1.54) is 4.90 Å². The normalized spacial score (nSPS) is 10.4. The minimum atomic E-state index is 0.830. The molecule has 2 rings (SSSR count). The highest BCUT2D eigenvalue weighted by atomic mass is 32.2. The molecule has 0 unspecified atom stereocenters. The van der Waals surface area contributed by atoms with Crippen molar-refractivity contribution in [2.75, 3.05) is 18.1 Å². The van der Waals surface area contributed by atoms with Gasteiger partial charge in [-0.05, 0) is 36.4 Å². The van der Waals surface area contributed by atoms with Crippen molar-refractivity contribution < 1.29 is 0 Å². The average Bonchev–Trinajstić information content (AvgIpc) is 2.40. The minimum Gasteiger partial charge on any atom is -0.371 e. The summed E-state index contributed by atoms with van der Waals surface area (Å²) in [6.07, 6.45) is 0. The van der Waals surface area contributed by atoms with E-state index in [1.807, 2.05) is 25.7 Å². The Labute approximate surface area is 112 Å². The predicted octanol–water partition coefficient (Wildman–Crippen LogP) is 3.61. The van der Waals surface area contributed by atoms with Crippen LogP contribution in [0.5, 0.6) is 0 Å². The van der Waals surface area contributed by atoms with Gasteiger partial charge < -0.3 is 5.32 Å². The summed E-state index contributed by atoms with van der Waals surface area (Å²) < 4.78 is 0. The number of benzene rings is 1. The van der Waals surface area contributed by atoms with Gasteiger partial charge in [0.25, 0.3) is 0 Å². The van der Waals surface area contributed by atoms with Crippen LogP contribution in [0.4, 0.5) is 5.82 Å². The van der Waals surface area contributed by atoms with Crippen molar-refractivity contribution >= 4 is 17.6 Å².